The molecule has 172 valence electrons. The van der Waals surface area contributed by atoms with Gasteiger partial charge in [-0.05, 0) is 56.3 Å². The summed E-state index contributed by atoms with van der Waals surface area (Å²) in [4.78, 5) is 34.2. The Morgan fingerprint density at radius 3 is 2.45 bits per heavy atom. The Bertz CT molecular complexity index is 1120. The highest BCUT2D eigenvalue weighted by molar-refractivity contribution is 5.80. The van der Waals surface area contributed by atoms with Gasteiger partial charge in [0.2, 0.25) is 5.91 Å². The highest BCUT2D eigenvalue weighted by Gasteiger charge is 2.27. The van der Waals surface area contributed by atoms with Crippen LogP contribution in [-0.4, -0.2) is 63.3 Å². The van der Waals surface area contributed by atoms with Crippen molar-refractivity contribution in [1.82, 2.24) is 24.6 Å². The summed E-state index contributed by atoms with van der Waals surface area (Å²) in [5.41, 5.74) is 2.22. The molecule has 8 heteroatoms. The number of carbonyl (C=O) groups is 1. The first-order valence-corrected chi connectivity index (χ1v) is 11.3. The van der Waals surface area contributed by atoms with Gasteiger partial charge in [-0.15, -0.1) is 0 Å². The average Bonchev–Trinajstić information content (AvgIpc) is 2.85. The van der Waals surface area contributed by atoms with Gasteiger partial charge in [0.1, 0.15) is 11.8 Å². The Morgan fingerprint density at radius 2 is 1.79 bits per heavy atom. The van der Waals surface area contributed by atoms with E-state index in [0.717, 1.165) is 36.6 Å². The molecule has 1 aliphatic heterocycles. The molecule has 0 bridgehead atoms. The molecule has 8 nitrogen and oxygen atoms in total. The van der Waals surface area contributed by atoms with Crippen LogP contribution in [0.2, 0.25) is 0 Å². The highest BCUT2D eigenvalue weighted by Crippen LogP contribution is 2.21. The highest BCUT2D eigenvalue weighted by atomic mass is 16.5. The van der Waals surface area contributed by atoms with Gasteiger partial charge < -0.3 is 9.64 Å². The van der Waals surface area contributed by atoms with Gasteiger partial charge in [0.25, 0.3) is 5.56 Å². The largest absolute Gasteiger partial charge is 0.494 e. The zero-order valence-corrected chi connectivity index (χ0v) is 19.1. The molecule has 0 N–H and O–H groups in total. The molecule has 3 aromatic rings. The average molecular weight is 448 g/mol. The maximum atomic E-state index is 13.2. The number of benzene rings is 1. The molecule has 1 atom stereocenters. The fraction of sp³-hybridized carbons (Fsp3) is 0.360. The van der Waals surface area contributed by atoms with Gasteiger partial charge in [0.05, 0.1) is 18.0 Å². The predicted octanol–water partition coefficient (Wildman–Crippen LogP) is 2.61. The van der Waals surface area contributed by atoms with Gasteiger partial charge in [-0.2, -0.15) is 5.10 Å². The van der Waals surface area contributed by atoms with E-state index in [9.17, 15) is 9.59 Å². The summed E-state index contributed by atoms with van der Waals surface area (Å²) < 4.78 is 6.77. The van der Waals surface area contributed by atoms with Gasteiger partial charge in [-0.3, -0.25) is 19.5 Å². The van der Waals surface area contributed by atoms with Gasteiger partial charge in [-0.1, -0.05) is 6.07 Å². The van der Waals surface area contributed by atoms with Gasteiger partial charge in [-0.25, -0.2) is 4.68 Å². The summed E-state index contributed by atoms with van der Waals surface area (Å²) in [5, 5.41) is 4.50. The zero-order valence-electron chi connectivity index (χ0n) is 19.1. The summed E-state index contributed by atoms with van der Waals surface area (Å²) >= 11 is 0. The van der Waals surface area contributed by atoms with Gasteiger partial charge in [0, 0.05) is 50.6 Å². The summed E-state index contributed by atoms with van der Waals surface area (Å²) in [6, 6.07) is 15.9. The second-order valence-corrected chi connectivity index (χ2v) is 8.06. The van der Waals surface area contributed by atoms with Crippen LogP contribution >= 0.6 is 0 Å². The Hall–Kier alpha value is -3.52. The first-order valence-electron chi connectivity index (χ1n) is 11.3. The van der Waals surface area contributed by atoms with E-state index in [1.807, 2.05) is 54.3 Å². The molecule has 2 aromatic heterocycles. The number of ether oxygens (including phenoxy) is 1. The molecule has 0 saturated carbocycles. The normalized spacial score (nSPS) is 15.3. The summed E-state index contributed by atoms with van der Waals surface area (Å²) in [6.45, 7) is 7.80. The lowest BCUT2D eigenvalue weighted by Gasteiger charge is -2.35. The van der Waals surface area contributed by atoms with Crippen LogP contribution in [0.1, 0.15) is 25.6 Å². The second kappa shape index (κ2) is 10.4. The van der Waals surface area contributed by atoms with Crippen molar-refractivity contribution in [1.29, 1.82) is 0 Å². The molecule has 0 radical (unpaired) electrons. The molecule has 4 rings (SSSR count). The maximum absolute atomic E-state index is 13.2. The minimum absolute atomic E-state index is 0.0917. The lowest BCUT2D eigenvalue weighted by Crippen LogP contribution is -2.50. The number of nitrogens with zero attached hydrogens (tertiary/aromatic N) is 5. The molecule has 1 saturated heterocycles. The van der Waals surface area contributed by atoms with Gasteiger partial charge >= 0.3 is 0 Å². The Morgan fingerprint density at radius 1 is 1.03 bits per heavy atom. The smallest absolute Gasteiger partial charge is 0.267 e. The molecule has 1 aromatic carbocycles. The fourth-order valence-electron chi connectivity index (χ4n) is 3.96. The molecule has 1 amide bonds. The monoisotopic (exact) mass is 447 g/mol. The summed E-state index contributed by atoms with van der Waals surface area (Å²) in [7, 11) is 0. The first kappa shape index (κ1) is 22.7. The van der Waals surface area contributed by atoms with Crippen molar-refractivity contribution in [3.63, 3.8) is 0 Å². The van der Waals surface area contributed by atoms with E-state index in [0.29, 0.717) is 25.4 Å². The van der Waals surface area contributed by atoms with Crippen LogP contribution in [0.3, 0.4) is 0 Å². The Balaban J connectivity index is 1.42. The van der Waals surface area contributed by atoms with Crippen molar-refractivity contribution >= 4 is 5.91 Å². The number of hydrogen-bond acceptors (Lipinski definition) is 6. The zero-order chi connectivity index (χ0) is 23.2. The molecule has 0 aliphatic carbocycles. The number of hydrogen-bond donors (Lipinski definition) is 0. The molecule has 0 spiro atoms. The number of carbonyl (C=O) groups excluding carboxylic acids is 1. The third-order valence-corrected chi connectivity index (χ3v) is 5.81. The summed E-state index contributed by atoms with van der Waals surface area (Å²) in [6.07, 6.45) is 1.79. The summed E-state index contributed by atoms with van der Waals surface area (Å²) in [5.74, 6) is 0.686. The molecular formula is C25H29N5O3. The topological polar surface area (TPSA) is 80.6 Å². The predicted molar refractivity (Wildman–Crippen MR) is 126 cm³/mol. The molecule has 3 heterocycles. The SMILES string of the molecule is CCOc1ccc(-c2ccc(=O)n(C(C)C(=O)N3CCN(Cc4ccccn4)CC3)n2)cc1. The van der Waals surface area contributed by atoms with Crippen molar-refractivity contribution in [2.24, 2.45) is 0 Å². The van der Waals surface area contributed by atoms with E-state index in [1.165, 1.54) is 10.7 Å². The lowest BCUT2D eigenvalue weighted by atomic mass is 10.1. The number of rotatable bonds is 7. The van der Waals surface area contributed by atoms with Crippen molar-refractivity contribution in [2.75, 3.05) is 32.8 Å². The minimum atomic E-state index is -0.678. The third kappa shape index (κ3) is 5.46. The molecule has 1 fully saturated rings. The van der Waals surface area contributed by atoms with Crippen LogP contribution in [0.5, 0.6) is 5.75 Å². The number of amides is 1. The maximum Gasteiger partial charge on any atom is 0.267 e. The van der Waals surface area contributed by atoms with Crippen LogP contribution in [0.4, 0.5) is 0 Å². The van der Waals surface area contributed by atoms with Crippen molar-refractivity contribution in [3.8, 4) is 17.0 Å². The van der Waals surface area contributed by atoms with Crippen LogP contribution in [0.15, 0.2) is 65.6 Å². The Labute approximate surface area is 193 Å². The van der Waals surface area contributed by atoms with E-state index < -0.39 is 6.04 Å². The molecule has 1 unspecified atom stereocenters. The molecular weight excluding hydrogens is 418 g/mol. The van der Waals surface area contributed by atoms with Crippen LogP contribution in [0.25, 0.3) is 11.3 Å². The molecule has 33 heavy (non-hydrogen) atoms. The van der Waals surface area contributed by atoms with E-state index in [2.05, 4.69) is 15.0 Å². The van der Waals surface area contributed by atoms with Crippen LogP contribution in [0, 0.1) is 0 Å². The van der Waals surface area contributed by atoms with Crippen LogP contribution < -0.4 is 10.3 Å². The third-order valence-electron chi connectivity index (χ3n) is 5.81. The van der Waals surface area contributed by atoms with Crippen molar-refractivity contribution in [2.45, 2.75) is 26.4 Å². The quantitative estimate of drug-likeness (QED) is 0.554. The van der Waals surface area contributed by atoms with Gasteiger partial charge in [0.15, 0.2) is 0 Å². The minimum Gasteiger partial charge on any atom is -0.494 e. The number of pyridine rings is 1. The van der Waals surface area contributed by atoms with E-state index in [-0.39, 0.29) is 11.5 Å². The number of aromatic nitrogens is 3. The number of piperazine rings is 1. The van der Waals surface area contributed by atoms with E-state index in [4.69, 9.17) is 4.74 Å². The Kier molecular flexibility index (Phi) is 7.14. The van der Waals surface area contributed by atoms with Crippen LogP contribution in [-0.2, 0) is 11.3 Å². The standard InChI is InChI=1S/C25H29N5O3/c1-3-33-22-9-7-20(8-10-22)23-11-12-24(31)30(27-23)19(2)25(32)29-16-14-28(15-17-29)18-21-6-4-5-13-26-21/h4-13,19H,3,14-18H2,1-2H3. The van der Waals surface area contributed by atoms with Crippen molar-refractivity contribution in [3.05, 3.63) is 76.8 Å². The van der Waals surface area contributed by atoms with Crippen molar-refractivity contribution < 1.29 is 9.53 Å². The second-order valence-electron chi connectivity index (χ2n) is 8.06. The lowest BCUT2D eigenvalue weighted by molar-refractivity contribution is -0.136. The van der Waals surface area contributed by atoms with E-state index >= 15 is 0 Å². The first-order chi connectivity index (χ1) is 16.0. The van der Waals surface area contributed by atoms with E-state index in [1.54, 1.807) is 19.2 Å². The fourth-order valence-corrected chi connectivity index (χ4v) is 3.96. The molecule has 1 aliphatic rings.